The van der Waals surface area contributed by atoms with Crippen LogP contribution in [0.3, 0.4) is 0 Å². The number of fused-ring (bicyclic) bond motifs is 1. The number of benzene rings is 1. The minimum absolute atomic E-state index is 0.121. The Morgan fingerprint density at radius 2 is 2.16 bits per heavy atom. The SMILES string of the molecule is Cn1ccnc1C(=O)c1cc(=S)[nH]c2ccccc12. The normalized spacial score (nSPS) is 10.8. The molecule has 2 heterocycles. The first-order chi connectivity index (χ1) is 9.16. The highest BCUT2D eigenvalue weighted by Gasteiger charge is 2.16. The molecule has 3 aromatic rings. The van der Waals surface area contributed by atoms with Gasteiger partial charge in [-0.25, -0.2) is 4.98 Å². The standard InChI is InChI=1S/C14H11N3OS/c1-17-7-6-15-14(17)13(18)10-8-12(19)16-11-5-3-2-4-9(10)11/h2-8H,1H3,(H,16,19). The Bertz CT molecular complexity index is 832. The minimum Gasteiger partial charge on any atom is -0.346 e. The Balaban J connectivity index is 2.28. The lowest BCUT2D eigenvalue weighted by atomic mass is 10.1. The number of aromatic amines is 1. The smallest absolute Gasteiger partial charge is 0.229 e. The molecule has 0 fully saturated rings. The van der Waals surface area contributed by atoms with Gasteiger partial charge in [-0.2, -0.15) is 0 Å². The number of aryl methyl sites for hydroxylation is 1. The molecule has 4 nitrogen and oxygen atoms in total. The fraction of sp³-hybridized carbons (Fsp3) is 0.0714. The summed E-state index contributed by atoms with van der Waals surface area (Å²) in [5.74, 6) is 0.287. The molecule has 2 aromatic heterocycles. The van der Waals surface area contributed by atoms with E-state index in [2.05, 4.69) is 9.97 Å². The summed E-state index contributed by atoms with van der Waals surface area (Å²) in [6, 6.07) is 9.29. The average Bonchev–Trinajstić information content (AvgIpc) is 2.83. The number of pyridine rings is 1. The second kappa shape index (κ2) is 4.44. The first-order valence-electron chi connectivity index (χ1n) is 5.81. The van der Waals surface area contributed by atoms with Crippen LogP contribution in [0.1, 0.15) is 16.2 Å². The molecule has 0 aliphatic carbocycles. The molecule has 0 saturated carbocycles. The number of aromatic nitrogens is 3. The van der Waals surface area contributed by atoms with Crippen LogP contribution < -0.4 is 0 Å². The number of carbonyl (C=O) groups excluding carboxylic acids is 1. The maximum Gasteiger partial charge on any atom is 0.229 e. The lowest BCUT2D eigenvalue weighted by molar-refractivity contribution is 0.102. The molecule has 0 radical (unpaired) electrons. The van der Waals surface area contributed by atoms with Gasteiger partial charge in [0.25, 0.3) is 0 Å². The maximum atomic E-state index is 12.6. The quantitative estimate of drug-likeness (QED) is 0.575. The highest BCUT2D eigenvalue weighted by molar-refractivity contribution is 7.71. The Labute approximate surface area is 114 Å². The predicted molar refractivity (Wildman–Crippen MR) is 75.8 cm³/mol. The van der Waals surface area contributed by atoms with Crippen LogP contribution in [0.5, 0.6) is 0 Å². The number of nitrogens with one attached hydrogen (secondary N) is 1. The van der Waals surface area contributed by atoms with E-state index in [0.29, 0.717) is 16.0 Å². The summed E-state index contributed by atoms with van der Waals surface area (Å²) >= 11 is 5.17. The summed E-state index contributed by atoms with van der Waals surface area (Å²) in [4.78, 5) is 19.7. The number of H-pyrrole nitrogens is 1. The van der Waals surface area contributed by atoms with E-state index >= 15 is 0 Å². The van der Waals surface area contributed by atoms with Crippen molar-refractivity contribution < 1.29 is 4.79 Å². The van der Waals surface area contributed by atoms with Crippen LogP contribution in [-0.4, -0.2) is 20.3 Å². The first kappa shape index (κ1) is 11.8. The topological polar surface area (TPSA) is 50.7 Å². The number of hydrogen-bond donors (Lipinski definition) is 1. The molecule has 0 aliphatic rings. The van der Waals surface area contributed by atoms with Gasteiger partial charge >= 0.3 is 0 Å². The van der Waals surface area contributed by atoms with Gasteiger partial charge in [0.05, 0.1) is 0 Å². The van der Waals surface area contributed by atoms with Crippen molar-refractivity contribution in [2.75, 3.05) is 0 Å². The van der Waals surface area contributed by atoms with Crippen molar-refractivity contribution in [2.24, 2.45) is 7.05 Å². The fourth-order valence-corrected chi connectivity index (χ4v) is 2.33. The van der Waals surface area contributed by atoms with Crippen molar-refractivity contribution in [3.63, 3.8) is 0 Å². The second-order valence-corrected chi connectivity index (χ2v) is 4.72. The molecule has 5 heteroatoms. The molecular formula is C14H11N3OS. The molecule has 0 bridgehead atoms. The van der Waals surface area contributed by atoms with Gasteiger partial charge in [-0.05, 0) is 12.1 Å². The molecule has 0 aliphatic heterocycles. The molecular weight excluding hydrogens is 258 g/mol. The molecule has 0 unspecified atom stereocenters. The van der Waals surface area contributed by atoms with Crippen molar-refractivity contribution in [3.05, 3.63) is 58.8 Å². The lowest BCUT2D eigenvalue weighted by Crippen LogP contribution is -2.09. The molecule has 0 atom stereocenters. The third-order valence-corrected chi connectivity index (χ3v) is 3.24. The van der Waals surface area contributed by atoms with Crippen molar-refractivity contribution in [3.8, 4) is 0 Å². The molecule has 3 rings (SSSR count). The Kier molecular flexibility index (Phi) is 2.76. The van der Waals surface area contributed by atoms with Crippen LogP contribution in [-0.2, 0) is 7.05 Å². The van der Waals surface area contributed by atoms with Crippen LogP contribution >= 0.6 is 12.2 Å². The van der Waals surface area contributed by atoms with Crippen LogP contribution in [0.15, 0.2) is 42.7 Å². The first-order valence-corrected chi connectivity index (χ1v) is 6.22. The Morgan fingerprint density at radius 1 is 1.37 bits per heavy atom. The molecule has 0 saturated heterocycles. The highest BCUT2D eigenvalue weighted by atomic mass is 32.1. The minimum atomic E-state index is -0.121. The molecule has 0 amide bonds. The molecule has 19 heavy (non-hydrogen) atoms. The number of carbonyl (C=O) groups is 1. The van der Waals surface area contributed by atoms with Gasteiger partial charge in [0.15, 0.2) is 5.82 Å². The van der Waals surface area contributed by atoms with Crippen molar-refractivity contribution >= 4 is 28.9 Å². The number of hydrogen-bond acceptors (Lipinski definition) is 3. The van der Waals surface area contributed by atoms with E-state index in [9.17, 15) is 4.79 Å². The number of ketones is 1. The highest BCUT2D eigenvalue weighted by Crippen LogP contribution is 2.19. The van der Waals surface area contributed by atoms with Gasteiger partial charge in [0, 0.05) is 35.9 Å². The summed E-state index contributed by atoms with van der Waals surface area (Å²) in [5.41, 5.74) is 1.43. The summed E-state index contributed by atoms with van der Waals surface area (Å²) in [7, 11) is 1.80. The predicted octanol–water partition coefficient (Wildman–Crippen LogP) is 2.86. The maximum absolute atomic E-state index is 12.6. The van der Waals surface area contributed by atoms with E-state index < -0.39 is 0 Å². The van der Waals surface area contributed by atoms with E-state index in [4.69, 9.17) is 12.2 Å². The van der Waals surface area contributed by atoms with E-state index in [0.717, 1.165) is 10.9 Å². The zero-order valence-electron chi connectivity index (χ0n) is 10.3. The van der Waals surface area contributed by atoms with Gasteiger partial charge in [-0.3, -0.25) is 4.79 Å². The van der Waals surface area contributed by atoms with Crippen LogP contribution in [0.4, 0.5) is 0 Å². The zero-order valence-corrected chi connectivity index (χ0v) is 11.1. The van der Waals surface area contributed by atoms with Gasteiger partial charge in [0.2, 0.25) is 5.78 Å². The van der Waals surface area contributed by atoms with Crippen LogP contribution in [0, 0.1) is 4.64 Å². The number of rotatable bonds is 2. The number of para-hydroxylation sites is 1. The average molecular weight is 269 g/mol. The van der Waals surface area contributed by atoms with Gasteiger partial charge in [0.1, 0.15) is 4.64 Å². The van der Waals surface area contributed by atoms with Crippen LogP contribution in [0.25, 0.3) is 10.9 Å². The third kappa shape index (κ3) is 1.98. The van der Waals surface area contributed by atoms with Gasteiger partial charge < -0.3 is 9.55 Å². The van der Waals surface area contributed by atoms with Gasteiger partial charge in [-0.15, -0.1) is 0 Å². The Hall–Kier alpha value is -2.27. The Morgan fingerprint density at radius 3 is 2.89 bits per heavy atom. The number of imidazole rings is 1. The van der Waals surface area contributed by atoms with E-state index in [1.165, 1.54) is 0 Å². The van der Waals surface area contributed by atoms with Crippen LogP contribution in [0.2, 0.25) is 0 Å². The van der Waals surface area contributed by atoms with Crippen molar-refractivity contribution in [1.82, 2.24) is 14.5 Å². The largest absolute Gasteiger partial charge is 0.346 e. The van der Waals surface area contributed by atoms with E-state index in [1.54, 1.807) is 30.1 Å². The molecule has 94 valence electrons. The summed E-state index contributed by atoms with van der Waals surface area (Å²) in [6.07, 6.45) is 3.36. The monoisotopic (exact) mass is 269 g/mol. The summed E-state index contributed by atoms with van der Waals surface area (Å²) in [5, 5.41) is 0.851. The summed E-state index contributed by atoms with van der Waals surface area (Å²) in [6.45, 7) is 0. The van der Waals surface area contributed by atoms with E-state index in [1.807, 2.05) is 24.3 Å². The molecule has 1 aromatic carbocycles. The van der Waals surface area contributed by atoms with E-state index in [-0.39, 0.29) is 5.78 Å². The number of nitrogens with zero attached hydrogens (tertiary/aromatic N) is 2. The van der Waals surface area contributed by atoms with Crippen molar-refractivity contribution in [1.29, 1.82) is 0 Å². The molecule has 1 N–H and O–H groups in total. The second-order valence-electron chi connectivity index (χ2n) is 4.28. The zero-order chi connectivity index (χ0) is 13.4. The van der Waals surface area contributed by atoms with Crippen molar-refractivity contribution in [2.45, 2.75) is 0 Å². The third-order valence-electron chi connectivity index (χ3n) is 3.02. The lowest BCUT2D eigenvalue weighted by Gasteiger charge is -2.06. The summed E-state index contributed by atoms with van der Waals surface area (Å²) < 4.78 is 2.24. The van der Waals surface area contributed by atoms with Gasteiger partial charge in [-0.1, -0.05) is 30.4 Å². The fourth-order valence-electron chi connectivity index (χ4n) is 2.10. The molecule has 0 spiro atoms.